The minimum absolute atomic E-state index is 0.136. The van der Waals surface area contributed by atoms with Crippen LogP contribution in [0.5, 0.6) is 0 Å². The molecule has 0 spiro atoms. The number of alkyl halides is 3. The van der Waals surface area contributed by atoms with E-state index >= 15 is 4.39 Å². The van der Waals surface area contributed by atoms with Crippen molar-refractivity contribution in [1.82, 2.24) is 9.13 Å². The van der Waals surface area contributed by atoms with Crippen LogP contribution >= 0.6 is 0 Å². The second-order valence-electron chi connectivity index (χ2n) is 11.8. The fourth-order valence-electron chi connectivity index (χ4n) is 6.85. The molecule has 2 heterocycles. The summed E-state index contributed by atoms with van der Waals surface area (Å²) in [7, 11) is 0. The minimum atomic E-state index is -4.56. The average Bonchev–Trinajstić information content (AvgIpc) is 3.59. The molecule has 0 atom stereocenters. The molecule has 0 radical (unpaired) electrons. The smallest absolute Gasteiger partial charge is 0.308 e. The zero-order valence-corrected chi connectivity index (χ0v) is 25.3. The fourth-order valence-corrected chi connectivity index (χ4v) is 6.85. The number of benzene rings is 6. The van der Waals surface area contributed by atoms with Gasteiger partial charge in [-0.1, -0.05) is 48.0 Å². The van der Waals surface area contributed by atoms with Gasteiger partial charge in [0.1, 0.15) is 5.82 Å². The van der Waals surface area contributed by atoms with Crippen LogP contribution in [0.15, 0.2) is 115 Å². The van der Waals surface area contributed by atoms with E-state index in [1.165, 1.54) is 18.2 Å². The maximum Gasteiger partial charge on any atom is 0.416 e. The number of nitrogens with zero attached hydrogens (tertiary/aromatic N) is 4. The number of aryl methyl sites for hydroxylation is 1. The van der Waals surface area contributed by atoms with Gasteiger partial charge in [-0.05, 0) is 79.7 Å². The van der Waals surface area contributed by atoms with Crippen molar-refractivity contribution in [2.24, 2.45) is 0 Å². The van der Waals surface area contributed by atoms with E-state index < -0.39 is 17.6 Å². The van der Waals surface area contributed by atoms with Crippen LogP contribution in [-0.4, -0.2) is 9.13 Å². The third-order valence-corrected chi connectivity index (χ3v) is 8.90. The molecule has 0 amide bonds. The maximum absolute atomic E-state index is 16.3. The van der Waals surface area contributed by atoms with Gasteiger partial charge in [-0.2, -0.15) is 23.7 Å². The van der Waals surface area contributed by atoms with Gasteiger partial charge >= 0.3 is 6.18 Å². The molecule has 8 heteroatoms. The van der Waals surface area contributed by atoms with Crippen LogP contribution in [-0.2, 0) is 6.18 Å². The summed E-state index contributed by atoms with van der Waals surface area (Å²) in [6.45, 7) is 2.00. The summed E-state index contributed by atoms with van der Waals surface area (Å²) in [6, 6.07) is 36.4. The van der Waals surface area contributed by atoms with E-state index in [0.717, 1.165) is 45.6 Å². The van der Waals surface area contributed by atoms with Crippen molar-refractivity contribution < 1.29 is 17.6 Å². The average molecular weight is 635 g/mol. The summed E-state index contributed by atoms with van der Waals surface area (Å²) in [6.07, 6.45) is -4.56. The number of hydrogen-bond donors (Lipinski definition) is 0. The van der Waals surface area contributed by atoms with Crippen molar-refractivity contribution >= 4 is 43.6 Å². The van der Waals surface area contributed by atoms with Crippen molar-refractivity contribution in [3.8, 4) is 34.6 Å². The van der Waals surface area contributed by atoms with Crippen LogP contribution < -0.4 is 0 Å². The van der Waals surface area contributed by atoms with Crippen molar-refractivity contribution in [1.29, 1.82) is 10.5 Å². The highest BCUT2D eigenvalue weighted by atomic mass is 19.4. The van der Waals surface area contributed by atoms with E-state index in [9.17, 15) is 23.7 Å². The zero-order valence-electron chi connectivity index (χ0n) is 25.3. The summed E-state index contributed by atoms with van der Waals surface area (Å²) in [4.78, 5) is 0. The Morgan fingerprint density at radius 2 is 1.10 bits per heavy atom. The largest absolute Gasteiger partial charge is 0.416 e. The van der Waals surface area contributed by atoms with Crippen molar-refractivity contribution in [3.63, 3.8) is 0 Å². The summed E-state index contributed by atoms with van der Waals surface area (Å²) in [5.74, 6) is -0.655. The first-order valence-corrected chi connectivity index (χ1v) is 15.1. The molecule has 2 aromatic heterocycles. The SMILES string of the molecule is Cc1ccc2c(c1)c1ccccc1n2-c1cc(C#N)cc(-n2c3ccccc3c3cc(C(F)(F)F)ccc32)c1-c1ccc(C#N)cc1F. The quantitative estimate of drug-likeness (QED) is 0.182. The Kier molecular flexibility index (Phi) is 6.41. The molecule has 230 valence electrons. The molecular formula is C40H22F4N4. The van der Waals surface area contributed by atoms with Gasteiger partial charge in [-0.25, -0.2) is 4.39 Å². The van der Waals surface area contributed by atoms with Crippen molar-refractivity contribution in [2.45, 2.75) is 13.1 Å². The van der Waals surface area contributed by atoms with Gasteiger partial charge in [-0.3, -0.25) is 0 Å². The molecular weight excluding hydrogens is 612 g/mol. The van der Waals surface area contributed by atoms with Gasteiger partial charge in [0.2, 0.25) is 0 Å². The van der Waals surface area contributed by atoms with E-state index in [4.69, 9.17) is 0 Å². The monoisotopic (exact) mass is 634 g/mol. The number of fused-ring (bicyclic) bond motifs is 6. The first-order valence-electron chi connectivity index (χ1n) is 15.1. The van der Waals surface area contributed by atoms with Gasteiger partial charge in [0, 0.05) is 32.7 Å². The van der Waals surface area contributed by atoms with Crippen LogP contribution in [0.3, 0.4) is 0 Å². The molecule has 0 aliphatic heterocycles. The lowest BCUT2D eigenvalue weighted by atomic mass is 9.96. The molecule has 8 rings (SSSR count). The van der Waals surface area contributed by atoms with Crippen LogP contribution in [0.1, 0.15) is 22.3 Å². The summed E-state index contributed by atoms with van der Waals surface area (Å²) >= 11 is 0. The highest BCUT2D eigenvalue weighted by molar-refractivity contribution is 6.12. The third-order valence-electron chi connectivity index (χ3n) is 8.90. The predicted octanol–water partition coefficient (Wildman–Crippen LogP) is 10.8. The normalized spacial score (nSPS) is 11.8. The van der Waals surface area contributed by atoms with Crippen LogP contribution in [0.2, 0.25) is 0 Å². The second kappa shape index (κ2) is 10.6. The molecule has 0 bridgehead atoms. The Labute approximate surface area is 271 Å². The van der Waals surface area contributed by atoms with Gasteiger partial charge in [0.05, 0.1) is 62.3 Å². The third kappa shape index (κ3) is 4.35. The molecule has 8 aromatic rings. The molecule has 4 nitrogen and oxygen atoms in total. The first kappa shape index (κ1) is 29.1. The molecule has 0 saturated carbocycles. The van der Waals surface area contributed by atoms with E-state index in [2.05, 4.69) is 12.1 Å². The molecule has 6 aromatic carbocycles. The Hall–Kier alpha value is -6.38. The standard InChI is InChI=1S/C40H22F4N4/c1-23-10-14-35-30(16-23)27-6-2-4-8-33(27)47(35)37-18-25(22-46)19-38(39(37)29-13-11-24(21-45)17-32(29)41)48-34-9-5-3-7-28(34)31-20-26(40(42,43)44)12-15-36(31)48/h2-20H,1H3. The Morgan fingerprint density at radius 3 is 1.67 bits per heavy atom. The van der Waals surface area contributed by atoms with Gasteiger partial charge in [0.15, 0.2) is 0 Å². The van der Waals surface area contributed by atoms with Crippen molar-refractivity contribution in [2.75, 3.05) is 0 Å². The van der Waals surface area contributed by atoms with Gasteiger partial charge in [-0.15, -0.1) is 0 Å². The number of aromatic nitrogens is 2. The van der Waals surface area contributed by atoms with E-state index in [0.29, 0.717) is 38.7 Å². The van der Waals surface area contributed by atoms with Crippen LogP contribution in [0, 0.1) is 35.4 Å². The second-order valence-corrected chi connectivity index (χ2v) is 11.8. The molecule has 0 aliphatic rings. The van der Waals surface area contributed by atoms with Crippen LogP contribution in [0.25, 0.3) is 66.1 Å². The number of nitriles is 2. The number of halogens is 4. The minimum Gasteiger partial charge on any atom is -0.308 e. The predicted molar refractivity (Wildman–Crippen MR) is 180 cm³/mol. The maximum atomic E-state index is 16.3. The highest BCUT2D eigenvalue weighted by Crippen LogP contribution is 2.44. The van der Waals surface area contributed by atoms with Gasteiger partial charge < -0.3 is 9.13 Å². The lowest BCUT2D eigenvalue weighted by molar-refractivity contribution is -0.137. The molecule has 0 N–H and O–H groups in total. The number of para-hydroxylation sites is 2. The van der Waals surface area contributed by atoms with Crippen LogP contribution in [0.4, 0.5) is 17.6 Å². The Balaban J connectivity index is 1.59. The number of rotatable bonds is 3. The topological polar surface area (TPSA) is 57.4 Å². The van der Waals surface area contributed by atoms with E-state index in [-0.39, 0.29) is 16.7 Å². The summed E-state index contributed by atoms with van der Waals surface area (Å²) in [5.41, 5.74) is 4.84. The molecule has 0 saturated heterocycles. The lowest BCUT2D eigenvalue weighted by Crippen LogP contribution is -2.06. The molecule has 48 heavy (non-hydrogen) atoms. The Bertz CT molecular complexity index is 2720. The zero-order chi connectivity index (χ0) is 33.3. The fraction of sp³-hybridized carbons (Fsp3) is 0.0500. The summed E-state index contributed by atoms with van der Waals surface area (Å²) < 4.78 is 61.8. The van der Waals surface area contributed by atoms with Crippen molar-refractivity contribution in [3.05, 3.63) is 143 Å². The first-order chi connectivity index (χ1) is 23.2. The lowest BCUT2D eigenvalue weighted by Gasteiger charge is -2.21. The van der Waals surface area contributed by atoms with E-state index in [1.807, 2.05) is 54.0 Å². The molecule has 0 fully saturated rings. The highest BCUT2D eigenvalue weighted by Gasteiger charge is 2.32. The molecule has 0 unspecified atom stereocenters. The molecule has 0 aliphatic carbocycles. The Morgan fingerprint density at radius 1 is 0.562 bits per heavy atom. The summed E-state index contributed by atoms with van der Waals surface area (Å²) in [5, 5.41) is 22.8. The van der Waals surface area contributed by atoms with E-state index in [1.54, 1.807) is 41.0 Å². The van der Waals surface area contributed by atoms with Gasteiger partial charge in [0.25, 0.3) is 0 Å². The number of hydrogen-bond acceptors (Lipinski definition) is 2.